The first kappa shape index (κ1) is 13.2. The van der Waals surface area contributed by atoms with Crippen molar-refractivity contribution in [2.45, 2.75) is 19.9 Å². The maximum atomic E-state index is 12.0. The summed E-state index contributed by atoms with van der Waals surface area (Å²) in [7, 11) is 0. The van der Waals surface area contributed by atoms with E-state index in [2.05, 4.69) is 30.8 Å². The Hall–Kier alpha value is -1.27. The van der Waals surface area contributed by atoms with Crippen LogP contribution in [0.4, 0.5) is 0 Å². The zero-order valence-electron chi connectivity index (χ0n) is 9.81. The van der Waals surface area contributed by atoms with Crippen molar-refractivity contribution in [3.8, 4) is 0 Å². The lowest BCUT2D eigenvalue weighted by atomic mass is 10.2. The predicted molar refractivity (Wildman–Crippen MR) is 74.6 cm³/mol. The van der Waals surface area contributed by atoms with E-state index in [0.717, 1.165) is 33.7 Å². The van der Waals surface area contributed by atoms with Crippen LogP contribution < -0.4 is 5.32 Å². The number of nitrogens with one attached hydrogen (secondary N) is 1. The molecule has 18 heavy (non-hydrogen) atoms. The van der Waals surface area contributed by atoms with E-state index >= 15 is 0 Å². The molecule has 0 bridgehead atoms. The van der Waals surface area contributed by atoms with Gasteiger partial charge in [-0.1, -0.05) is 39.5 Å². The molecule has 6 heteroatoms. The van der Waals surface area contributed by atoms with Crippen molar-refractivity contribution in [2.24, 2.45) is 0 Å². The Bertz CT molecular complexity index is 556. The minimum absolute atomic E-state index is 0.109. The Morgan fingerprint density at radius 1 is 1.50 bits per heavy atom. The number of amides is 1. The van der Waals surface area contributed by atoms with E-state index < -0.39 is 0 Å². The van der Waals surface area contributed by atoms with Crippen LogP contribution in [0.25, 0.3) is 0 Å². The number of aryl methyl sites for hydroxylation is 1. The van der Waals surface area contributed by atoms with E-state index in [9.17, 15) is 4.79 Å². The SMILES string of the molecule is CCc1nnsc1C(=O)NCc1cccc(Br)c1. The Kier molecular flexibility index (Phi) is 4.43. The van der Waals surface area contributed by atoms with Crippen molar-refractivity contribution >= 4 is 33.4 Å². The van der Waals surface area contributed by atoms with Crippen molar-refractivity contribution in [3.05, 3.63) is 44.9 Å². The van der Waals surface area contributed by atoms with Gasteiger partial charge in [0.2, 0.25) is 0 Å². The maximum Gasteiger partial charge on any atom is 0.265 e. The van der Waals surface area contributed by atoms with E-state index in [1.165, 1.54) is 0 Å². The van der Waals surface area contributed by atoms with Crippen LogP contribution in [-0.4, -0.2) is 15.5 Å². The number of benzene rings is 1. The van der Waals surface area contributed by atoms with Gasteiger partial charge in [0, 0.05) is 11.0 Å². The number of rotatable bonds is 4. The minimum atomic E-state index is -0.109. The smallest absolute Gasteiger partial charge is 0.265 e. The summed E-state index contributed by atoms with van der Waals surface area (Å²) >= 11 is 4.54. The summed E-state index contributed by atoms with van der Waals surface area (Å²) in [4.78, 5) is 12.6. The van der Waals surface area contributed by atoms with Crippen LogP contribution in [-0.2, 0) is 13.0 Å². The Morgan fingerprint density at radius 2 is 2.33 bits per heavy atom. The lowest BCUT2D eigenvalue weighted by Gasteiger charge is -2.04. The molecule has 0 unspecified atom stereocenters. The summed E-state index contributed by atoms with van der Waals surface area (Å²) in [6.07, 6.45) is 0.718. The Morgan fingerprint density at radius 3 is 3.06 bits per heavy atom. The van der Waals surface area contributed by atoms with Crippen molar-refractivity contribution < 1.29 is 4.79 Å². The van der Waals surface area contributed by atoms with Gasteiger partial charge < -0.3 is 5.32 Å². The first-order valence-electron chi connectivity index (χ1n) is 5.54. The molecule has 0 atom stereocenters. The van der Waals surface area contributed by atoms with Crippen LogP contribution in [0.2, 0.25) is 0 Å². The highest BCUT2D eigenvalue weighted by molar-refractivity contribution is 9.10. The monoisotopic (exact) mass is 325 g/mol. The maximum absolute atomic E-state index is 12.0. The normalized spacial score (nSPS) is 10.3. The third-order valence-corrected chi connectivity index (χ3v) is 3.70. The average molecular weight is 326 g/mol. The molecule has 0 fully saturated rings. The number of aromatic nitrogens is 2. The molecule has 94 valence electrons. The van der Waals surface area contributed by atoms with Gasteiger partial charge in [-0.05, 0) is 35.6 Å². The molecule has 0 spiro atoms. The third-order valence-electron chi connectivity index (χ3n) is 2.44. The minimum Gasteiger partial charge on any atom is -0.347 e. The summed E-state index contributed by atoms with van der Waals surface area (Å²) in [5.74, 6) is -0.109. The number of nitrogens with zero attached hydrogens (tertiary/aromatic N) is 2. The van der Waals surface area contributed by atoms with Gasteiger partial charge in [0.15, 0.2) is 0 Å². The molecule has 0 aliphatic carbocycles. The van der Waals surface area contributed by atoms with E-state index in [-0.39, 0.29) is 5.91 Å². The van der Waals surface area contributed by atoms with E-state index in [1.807, 2.05) is 31.2 Å². The standard InChI is InChI=1S/C12H12BrN3OS/c1-2-10-11(18-16-15-10)12(17)14-7-8-4-3-5-9(13)6-8/h3-6H,2,7H2,1H3,(H,14,17). The Labute approximate surface area is 118 Å². The predicted octanol–water partition coefficient (Wildman–Crippen LogP) is 2.79. The number of hydrogen-bond acceptors (Lipinski definition) is 4. The number of carbonyl (C=O) groups excluding carboxylic acids is 1. The molecular formula is C12H12BrN3OS. The average Bonchev–Trinajstić information content (AvgIpc) is 2.84. The fourth-order valence-electron chi connectivity index (χ4n) is 1.52. The van der Waals surface area contributed by atoms with Gasteiger partial charge in [-0.25, -0.2) is 0 Å². The summed E-state index contributed by atoms with van der Waals surface area (Å²) in [6.45, 7) is 2.46. The highest BCUT2D eigenvalue weighted by Crippen LogP contribution is 2.13. The van der Waals surface area contributed by atoms with E-state index in [1.54, 1.807) is 0 Å². The zero-order chi connectivity index (χ0) is 13.0. The second kappa shape index (κ2) is 6.06. The Balaban J connectivity index is 2.00. The highest BCUT2D eigenvalue weighted by Gasteiger charge is 2.14. The van der Waals surface area contributed by atoms with Crippen molar-refractivity contribution in [1.82, 2.24) is 14.9 Å². The summed E-state index contributed by atoms with van der Waals surface area (Å²) < 4.78 is 4.81. The summed E-state index contributed by atoms with van der Waals surface area (Å²) in [6, 6.07) is 7.84. The first-order valence-corrected chi connectivity index (χ1v) is 7.11. The molecule has 1 N–H and O–H groups in total. The van der Waals surface area contributed by atoms with E-state index in [4.69, 9.17) is 0 Å². The lowest BCUT2D eigenvalue weighted by molar-refractivity contribution is 0.0954. The van der Waals surface area contributed by atoms with Gasteiger partial charge >= 0.3 is 0 Å². The molecule has 1 amide bonds. The summed E-state index contributed by atoms with van der Waals surface area (Å²) in [5.41, 5.74) is 1.81. The quantitative estimate of drug-likeness (QED) is 0.940. The molecule has 1 aromatic carbocycles. The third kappa shape index (κ3) is 3.14. The molecule has 2 aromatic rings. The second-order valence-electron chi connectivity index (χ2n) is 3.71. The van der Waals surface area contributed by atoms with Crippen LogP contribution in [0.15, 0.2) is 28.7 Å². The molecule has 0 radical (unpaired) electrons. The molecule has 1 heterocycles. The van der Waals surface area contributed by atoms with Crippen LogP contribution >= 0.6 is 27.5 Å². The van der Waals surface area contributed by atoms with Gasteiger partial charge in [0.1, 0.15) is 4.88 Å². The number of carbonyl (C=O) groups is 1. The van der Waals surface area contributed by atoms with E-state index in [0.29, 0.717) is 11.4 Å². The van der Waals surface area contributed by atoms with Gasteiger partial charge in [0.25, 0.3) is 5.91 Å². The highest BCUT2D eigenvalue weighted by atomic mass is 79.9. The second-order valence-corrected chi connectivity index (χ2v) is 5.38. The number of hydrogen-bond donors (Lipinski definition) is 1. The molecule has 0 aliphatic rings. The van der Waals surface area contributed by atoms with Crippen LogP contribution in [0.1, 0.15) is 27.9 Å². The molecule has 1 aromatic heterocycles. The fraction of sp³-hybridized carbons (Fsp3) is 0.250. The van der Waals surface area contributed by atoms with Gasteiger partial charge in [-0.2, -0.15) is 0 Å². The molecular weight excluding hydrogens is 314 g/mol. The van der Waals surface area contributed by atoms with Gasteiger partial charge in [-0.3, -0.25) is 4.79 Å². The zero-order valence-corrected chi connectivity index (χ0v) is 12.2. The van der Waals surface area contributed by atoms with Crippen LogP contribution in [0, 0.1) is 0 Å². The molecule has 0 saturated carbocycles. The molecule has 4 nitrogen and oxygen atoms in total. The van der Waals surface area contributed by atoms with Crippen molar-refractivity contribution in [2.75, 3.05) is 0 Å². The molecule has 0 saturated heterocycles. The van der Waals surface area contributed by atoms with Crippen LogP contribution in [0.3, 0.4) is 0 Å². The largest absolute Gasteiger partial charge is 0.347 e. The van der Waals surface area contributed by atoms with Crippen molar-refractivity contribution in [1.29, 1.82) is 0 Å². The lowest BCUT2D eigenvalue weighted by Crippen LogP contribution is -2.22. The van der Waals surface area contributed by atoms with Crippen molar-refractivity contribution in [3.63, 3.8) is 0 Å². The fourth-order valence-corrected chi connectivity index (χ4v) is 2.64. The molecule has 0 aliphatic heterocycles. The first-order chi connectivity index (χ1) is 8.70. The van der Waals surface area contributed by atoms with Gasteiger partial charge in [-0.15, -0.1) is 5.10 Å². The van der Waals surface area contributed by atoms with Gasteiger partial charge in [0.05, 0.1) is 5.69 Å². The molecule has 2 rings (SSSR count). The summed E-state index contributed by atoms with van der Waals surface area (Å²) in [5, 5.41) is 6.80. The topological polar surface area (TPSA) is 54.9 Å². The number of halogens is 1. The van der Waals surface area contributed by atoms with Crippen LogP contribution in [0.5, 0.6) is 0 Å².